The highest BCUT2D eigenvalue weighted by Crippen LogP contribution is 2.41. The zero-order valence-electron chi connectivity index (χ0n) is 21.5. The summed E-state index contributed by atoms with van der Waals surface area (Å²) in [7, 11) is 1.55. The van der Waals surface area contributed by atoms with Crippen molar-refractivity contribution in [3.05, 3.63) is 75.2 Å². The molecule has 1 amide bonds. The van der Waals surface area contributed by atoms with Gasteiger partial charge >= 0.3 is 0 Å². The summed E-state index contributed by atoms with van der Waals surface area (Å²) in [5.41, 5.74) is 1.99. The fourth-order valence-corrected chi connectivity index (χ4v) is 4.79. The number of hydrogen-bond donors (Lipinski definition) is 2. The standard InChI is InChI=1S/C28H33FN4O4/c1-4-5-10-20-24(23-18(2)8-6-11-22(23)37-3)26(34)25(27(35)31-20)28(36)33-15-13-32(14-16-33)17-21-19(29)9-7-12-30-21/h6-9,11-12H,4-5,10,13-17H2,1-3H3,(H2,31,34,35). The van der Waals surface area contributed by atoms with Crippen LogP contribution >= 0.6 is 0 Å². The molecule has 1 aromatic carbocycles. The van der Waals surface area contributed by atoms with Gasteiger partial charge in [-0.25, -0.2) is 4.39 Å². The van der Waals surface area contributed by atoms with Gasteiger partial charge in [0.15, 0.2) is 0 Å². The van der Waals surface area contributed by atoms with Gasteiger partial charge in [0, 0.05) is 55.7 Å². The van der Waals surface area contributed by atoms with Crippen molar-refractivity contribution in [2.24, 2.45) is 0 Å². The predicted octanol–water partition coefficient (Wildman–Crippen LogP) is 3.90. The zero-order chi connectivity index (χ0) is 26.5. The van der Waals surface area contributed by atoms with Crippen LogP contribution in [-0.4, -0.2) is 64.1 Å². The summed E-state index contributed by atoms with van der Waals surface area (Å²) < 4.78 is 19.6. The molecule has 4 rings (SSSR count). The number of carbonyl (C=O) groups is 1. The Morgan fingerprint density at radius 1 is 1.16 bits per heavy atom. The maximum absolute atomic E-state index is 14.0. The molecule has 2 aromatic heterocycles. The molecule has 1 aliphatic rings. The number of benzene rings is 1. The van der Waals surface area contributed by atoms with Gasteiger partial charge in [0.25, 0.3) is 11.5 Å². The number of rotatable bonds is 8. The van der Waals surface area contributed by atoms with E-state index in [4.69, 9.17) is 4.74 Å². The van der Waals surface area contributed by atoms with E-state index in [1.54, 1.807) is 30.3 Å². The molecule has 0 atom stereocenters. The van der Waals surface area contributed by atoms with E-state index in [9.17, 15) is 19.1 Å². The number of H-pyrrole nitrogens is 1. The van der Waals surface area contributed by atoms with E-state index >= 15 is 0 Å². The van der Waals surface area contributed by atoms with Crippen LogP contribution in [-0.2, 0) is 13.0 Å². The Balaban J connectivity index is 1.65. The molecule has 0 radical (unpaired) electrons. The fourth-order valence-electron chi connectivity index (χ4n) is 4.79. The Hall–Kier alpha value is -3.72. The van der Waals surface area contributed by atoms with Crippen molar-refractivity contribution in [1.29, 1.82) is 0 Å². The highest BCUT2D eigenvalue weighted by atomic mass is 19.1. The summed E-state index contributed by atoms with van der Waals surface area (Å²) in [5.74, 6) is -0.669. The first-order chi connectivity index (χ1) is 17.8. The van der Waals surface area contributed by atoms with Crippen LogP contribution in [0.3, 0.4) is 0 Å². The number of hydrogen-bond acceptors (Lipinski definition) is 6. The summed E-state index contributed by atoms with van der Waals surface area (Å²) in [5, 5.41) is 11.4. The van der Waals surface area contributed by atoms with Crippen LogP contribution in [0.4, 0.5) is 4.39 Å². The number of nitrogens with zero attached hydrogens (tertiary/aromatic N) is 3. The third-order valence-electron chi connectivity index (χ3n) is 6.83. The Morgan fingerprint density at radius 2 is 1.92 bits per heavy atom. The molecule has 0 unspecified atom stereocenters. The molecule has 37 heavy (non-hydrogen) atoms. The molecule has 196 valence electrons. The third kappa shape index (κ3) is 5.51. The third-order valence-corrected chi connectivity index (χ3v) is 6.83. The highest BCUT2D eigenvalue weighted by molar-refractivity contribution is 5.99. The van der Waals surface area contributed by atoms with E-state index in [1.807, 2.05) is 30.9 Å². The Labute approximate surface area is 215 Å². The predicted molar refractivity (Wildman–Crippen MR) is 139 cm³/mol. The molecule has 0 saturated carbocycles. The molecule has 2 N–H and O–H groups in total. The summed E-state index contributed by atoms with van der Waals surface area (Å²) >= 11 is 0. The molecule has 1 fully saturated rings. The van der Waals surface area contributed by atoms with Crippen molar-refractivity contribution in [1.82, 2.24) is 19.8 Å². The van der Waals surface area contributed by atoms with Crippen molar-refractivity contribution in [3.8, 4) is 22.6 Å². The molecule has 8 nitrogen and oxygen atoms in total. The second-order valence-electron chi connectivity index (χ2n) is 9.29. The number of unbranched alkanes of at least 4 members (excludes halogenated alkanes) is 1. The Kier molecular flexibility index (Phi) is 8.23. The summed E-state index contributed by atoms with van der Waals surface area (Å²) in [6, 6.07) is 8.48. The lowest BCUT2D eigenvalue weighted by molar-refractivity contribution is 0.0620. The van der Waals surface area contributed by atoms with Crippen LogP contribution in [0.25, 0.3) is 11.1 Å². The average Bonchev–Trinajstić information content (AvgIpc) is 2.89. The van der Waals surface area contributed by atoms with Gasteiger partial charge in [0.2, 0.25) is 0 Å². The second kappa shape index (κ2) is 11.6. The van der Waals surface area contributed by atoms with Crippen molar-refractivity contribution in [2.45, 2.75) is 39.7 Å². The van der Waals surface area contributed by atoms with E-state index in [-0.39, 0.29) is 17.1 Å². The van der Waals surface area contributed by atoms with Crippen LogP contribution in [0.1, 0.15) is 47.1 Å². The summed E-state index contributed by atoms with van der Waals surface area (Å²) in [6.45, 7) is 5.95. The molecule has 3 aromatic rings. The van der Waals surface area contributed by atoms with E-state index in [0.717, 1.165) is 18.4 Å². The lowest BCUT2D eigenvalue weighted by Crippen LogP contribution is -2.49. The molecule has 0 spiro atoms. The van der Waals surface area contributed by atoms with Crippen LogP contribution in [0.2, 0.25) is 0 Å². The number of methoxy groups -OCH3 is 1. The number of aromatic hydroxyl groups is 1. The topological polar surface area (TPSA) is 98.8 Å². The maximum Gasteiger partial charge on any atom is 0.264 e. The highest BCUT2D eigenvalue weighted by Gasteiger charge is 2.30. The number of amides is 1. The first kappa shape index (κ1) is 26.3. The van der Waals surface area contributed by atoms with E-state index in [0.29, 0.717) is 67.4 Å². The van der Waals surface area contributed by atoms with Gasteiger partial charge in [-0.1, -0.05) is 25.5 Å². The zero-order valence-corrected chi connectivity index (χ0v) is 21.5. The first-order valence-corrected chi connectivity index (χ1v) is 12.6. The van der Waals surface area contributed by atoms with E-state index in [1.165, 1.54) is 6.07 Å². The molecular weight excluding hydrogens is 475 g/mol. The van der Waals surface area contributed by atoms with Crippen LogP contribution in [0, 0.1) is 12.7 Å². The quantitative estimate of drug-likeness (QED) is 0.479. The van der Waals surface area contributed by atoms with Crippen LogP contribution in [0.15, 0.2) is 41.3 Å². The molecule has 0 bridgehead atoms. The van der Waals surface area contributed by atoms with Crippen LogP contribution < -0.4 is 10.3 Å². The van der Waals surface area contributed by atoms with Gasteiger partial charge in [0.05, 0.1) is 12.8 Å². The summed E-state index contributed by atoms with van der Waals surface area (Å²) in [4.78, 5) is 37.2. The van der Waals surface area contributed by atoms with Crippen molar-refractivity contribution < 1.29 is 19.0 Å². The number of ether oxygens (including phenoxy) is 1. The van der Waals surface area contributed by atoms with Gasteiger partial charge in [-0.3, -0.25) is 19.5 Å². The maximum atomic E-state index is 14.0. The van der Waals surface area contributed by atoms with Gasteiger partial charge in [-0.15, -0.1) is 0 Å². The monoisotopic (exact) mass is 508 g/mol. The van der Waals surface area contributed by atoms with E-state index in [2.05, 4.69) is 9.97 Å². The van der Waals surface area contributed by atoms with Crippen molar-refractivity contribution >= 4 is 5.91 Å². The number of aryl methyl sites for hydroxylation is 2. The minimum absolute atomic E-state index is 0.273. The fraction of sp³-hybridized carbons (Fsp3) is 0.393. The molecular formula is C28H33FN4O4. The number of piperazine rings is 1. The Bertz CT molecular complexity index is 1330. The second-order valence-corrected chi connectivity index (χ2v) is 9.29. The van der Waals surface area contributed by atoms with Crippen LogP contribution in [0.5, 0.6) is 11.5 Å². The largest absolute Gasteiger partial charge is 0.506 e. The normalized spacial score (nSPS) is 14.1. The molecule has 9 heteroatoms. The lowest BCUT2D eigenvalue weighted by atomic mass is 9.93. The smallest absolute Gasteiger partial charge is 0.264 e. The summed E-state index contributed by atoms with van der Waals surface area (Å²) in [6.07, 6.45) is 3.81. The van der Waals surface area contributed by atoms with Gasteiger partial charge in [-0.2, -0.15) is 0 Å². The molecule has 1 saturated heterocycles. The van der Waals surface area contributed by atoms with Crippen molar-refractivity contribution in [2.75, 3.05) is 33.3 Å². The number of aromatic nitrogens is 2. The molecule has 3 heterocycles. The lowest BCUT2D eigenvalue weighted by Gasteiger charge is -2.34. The minimum atomic E-state index is -0.608. The van der Waals surface area contributed by atoms with Gasteiger partial charge < -0.3 is 19.7 Å². The first-order valence-electron chi connectivity index (χ1n) is 12.6. The van der Waals surface area contributed by atoms with Gasteiger partial charge in [0.1, 0.15) is 22.9 Å². The number of nitrogens with one attached hydrogen (secondary N) is 1. The Morgan fingerprint density at radius 3 is 2.59 bits per heavy atom. The average molecular weight is 509 g/mol. The number of carbonyl (C=O) groups excluding carboxylic acids is 1. The SMILES string of the molecule is CCCCc1[nH]c(=O)c(C(=O)N2CCN(Cc3ncccc3F)CC2)c(O)c1-c1c(C)cccc1OC. The van der Waals surface area contributed by atoms with Gasteiger partial charge in [-0.05, 0) is 43.5 Å². The molecule has 0 aliphatic carbocycles. The number of aromatic amines is 1. The number of halogens is 1. The van der Waals surface area contributed by atoms with Crippen molar-refractivity contribution in [3.63, 3.8) is 0 Å². The molecule has 1 aliphatic heterocycles. The van der Waals surface area contributed by atoms with E-state index < -0.39 is 11.5 Å². The minimum Gasteiger partial charge on any atom is -0.506 e. The number of pyridine rings is 2.